The van der Waals surface area contributed by atoms with E-state index in [1.807, 2.05) is 0 Å². The summed E-state index contributed by atoms with van der Waals surface area (Å²) in [5.41, 5.74) is 1.70. The number of carbonyl (C=O) groups is 3. The Balaban J connectivity index is 1.58. The van der Waals surface area contributed by atoms with Gasteiger partial charge in [0.05, 0.1) is 17.4 Å². The number of anilines is 1. The van der Waals surface area contributed by atoms with E-state index in [1.54, 1.807) is 0 Å². The van der Waals surface area contributed by atoms with Crippen molar-refractivity contribution in [1.82, 2.24) is 5.32 Å². The van der Waals surface area contributed by atoms with Gasteiger partial charge in [0, 0.05) is 10.9 Å². The van der Waals surface area contributed by atoms with Crippen molar-refractivity contribution in [3.63, 3.8) is 0 Å². The smallest absolute Gasteiger partial charge is 0.307 e. The Morgan fingerprint density at radius 1 is 0.926 bits per heavy atom. The fourth-order valence-corrected chi connectivity index (χ4v) is 5.61. The lowest BCUT2D eigenvalue weighted by Crippen LogP contribution is -2.36. The number of carbonyl (C=O) groups excluding carboxylic acids is 2. The molecule has 2 amide bonds. The molecule has 0 spiro atoms. The molecule has 1 aromatic rings. The van der Waals surface area contributed by atoms with Crippen LogP contribution in [0.5, 0.6) is 0 Å². The minimum atomic E-state index is -0.896. The van der Waals surface area contributed by atoms with Gasteiger partial charge in [0.2, 0.25) is 5.91 Å². The van der Waals surface area contributed by atoms with Crippen molar-refractivity contribution in [3.05, 3.63) is 16.0 Å². The zero-order chi connectivity index (χ0) is 19.0. The van der Waals surface area contributed by atoms with Crippen molar-refractivity contribution in [2.45, 2.75) is 70.3 Å². The summed E-state index contributed by atoms with van der Waals surface area (Å²) >= 11 is 1.50. The van der Waals surface area contributed by atoms with Crippen LogP contribution in [0.15, 0.2) is 0 Å². The zero-order valence-electron chi connectivity index (χ0n) is 15.4. The molecule has 3 aliphatic rings. The number of nitrogens with one attached hydrogen (secondary N) is 2. The molecule has 7 heteroatoms. The molecule has 0 saturated heterocycles. The average molecular weight is 391 g/mol. The highest BCUT2D eigenvalue weighted by Gasteiger charge is 2.37. The SMILES string of the molecule is O=C(NC1CC1)c1c(NC(=O)[C@@H]2CCCC[C@H]2C(=O)O)sc2c1CCCC2. The predicted molar refractivity (Wildman–Crippen MR) is 103 cm³/mol. The Labute approximate surface area is 162 Å². The van der Waals surface area contributed by atoms with Crippen LogP contribution in [-0.4, -0.2) is 28.9 Å². The second-order valence-electron chi connectivity index (χ2n) is 7.99. The van der Waals surface area contributed by atoms with Crippen LogP contribution in [0.25, 0.3) is 0 Å². The maximum absolute atomic E-state index is 12.9. The van der Waals surface area contributed by atoms with Gasteiger partial charge in [-0.2, -0.15) is 0 Å². The lowest BCUT2D eigenvalue weighted by molar-refractivity contribution is -0.147. The van der Waals surface area contributed by atoms with E-state index < -0.39 is 17.8 Å². The van der Waals surface area contributed by atoms with E-state index in [4.69, 9.17) is 0 Å². The second-order valence-corrected chi connectivity index (χ2v) is 9.09. The van der Waals surface area contributed by atoms with Gasteiger partial charge in [-0.25, -0.2) is 0 Å². The molecule has 2 fully saturated rings. The molecule has 2 saturated carbocycles. The van der Waals surface area contributed by atoms with Crippen molar-refractivity contribution in [1.29, 1.82) is 0 Å². The number of carboxylic acids is 1. The van der Waals surface area contributed by atoms with Crippen LogP contribution >= 0.6 is 11.3 Å². The van der Waals surface area contributed by atoms with Gasteiger partial charge in [0.25, 0.3) is 5.91 Å². The van der Waals surface area contributed by atoms with E-state index in [0.717, 1.165) is 56.9 Å². The second kappa shape index (κ2) is 7.62. The van der Waals surface area contributed by atoms with Gasteiger partial charge in [0.1, 0.15) is 5.00 Å². The maximum atomic E-state index is 12.9. The minimum Gasteiger partial charge on any atom is -0.481 e. The topological polar surface area (TPSA) is 95.5 Å². The fourth-order valence-electron chi connectivity index (χ4n) is 4.32. The summed E-state index contributed by atoms with van der Waals surface area (Å²) < 4.78 is 0. The quantitative estimate of drug-likeness (QED) is 0.718. The summed E-state index contributed by atoms with van der Waals surface area (Å²) in [7, 11) is 0. The minimum absolute atomic E-state index is 0.0920. The summed E-state index contributed by atoms with van der Waals surface area (Å²) in [5.74, 6) is -2.38. The number of hydrogen-bond acceptors (Lipinski definition) is 4. The van der Waals surface area contributed by atoms with Gasteiger partial charge in [0.15, 0.2) is 0 Å². The summed E-state index contributed by atoms with van der Waals surface area (Å²) in [6.45, 7) is 0. The van der Waals surface area contributed by atoms with Crippen LogP contribution in [0.1, 0.15) is 72.2 Å². The molecule has 3 aliphatic carbocycles. The summed E-state index contributed by atoms with van der Waals surface area (Å²) in [5, 5.41) is 16.1. The van der Waals surface area contributed by atoms with E-state index in [1.165, 1.54) is 16.2 Å². The molecule has 0 aromatic carbocycles. The van der Waals surface area contributed by atoms with Crippen LogP contribution < -0.4 is 10.6 Å². The highest BCUT2D eigenvalue weighted by Crippen LogP contribution is 2.40. The lowest BCUT2D eigenvalue weighted by Gasteiger charge is -2.27. The highest BCUT2D eigenvalue weighted by atomic mass is 32.1. The summed E-state index contributed by atoms with van der Waals surface area (Å²) in [6, 6.07) is 0.259. The van der Waals surface area contributed by atoms with E-state index in [2.05, 4.69) is 10.6 Å². The van der Waals surface area contributed by atoms with Gasteiger partial charge < -0.3 is 15.7 Å². The number of aliphatic carboxylic acids is 1. The Kier molecular flexibility index (Phi) is 5.21. The third-order valence-electron chi connectivity index (χ3n) is 5.97. The molecule has 2 atom stereocenters. The normalized spacial score (nSPS) is 24.7. The standard InChI is InChI=1S/C20H26N2O4S/c23-17(12-5-1-2-6-13(12)20(25)26)22-19-16(18(24)21-11-9-10-11)14-7-3-4-8-15(14)27-19/h11-13H,1-10H2,(H,21,24)(H,22,23)(H,25,26)/t12-,13-/m1/s1. The Hall–Kier alpha value is -1.89. The molecule has 27 heavy (non-hydrogen) atoms. The van der Waals surface area contributed by atoms with Crippen LogP contribution in [-0.2, 0) is 22.4 Å². The molecule has 146 valence electrons. The number of thiophene rings is 1. The number of aryl methyl sites for hydroxylation is 1. The molecule has 3 N–H and O–H groups in total. The Morgan fingerprint density at radius 2 is 1.63 bits per heavy atom. The molecular weight excluding hydrogens is 364 g/mol. The number of amides is 2. The van der Waals surface area contributed by atoms with Gasteiger partial charge in [-0.3, -0.25) is 14.4 Å². The zero-order valence-corrected chi connectivity index (χ0v) is 16.2. The summed E-state index contributed by atoms with van der Waals surface area (Å²) in [4.78, 5) is 38.5. The third kappa shape index (κ3) is 3.88. The van der Waals surface area contributed by atoms with E-state index >= 15 is 0 Å². The van der Waals surface area contributed by atoms with E-state index in [0.29, 0.717) is 23.4 Å². The molecule has 0 bridgehead atoms. The summed E-state index contributed by atoms with van der Waals surface area (Å²) in [6.07, 6.45) is 8.88. The molecule has 4 rings (SSSR count). The van der Waals surface area contributed by atoms with Crippen LogP contribution in [0.2, 0.25) is 0 Å². The number of fused-ring (bicyclic) bond motifs is 1. The largest absolute Gasteiger partial charge is 0.481 e. The van der Waals surface area contributed by atoms with Crippen LogP contribution in [0, 0.1) is 11.8 Å². The first kappa shape index (κ1) is 18.5. The molecule has 0 radical (unpaired) electrons. The molecule has 1 heterocycles. The van der Waals surface area contributed by atoms with Gasteiger partial charge in [-0.15, -0.1) is 11.3 Å². The van der Waals surface area contributed by atoms with Crippen LogP contribution in [0.3, 0.4) is 0 Å². The first-order chi connectivity index (χ1) is 13.0. The number of hydrogen-bond donors (Lipinski definition) is 3. The van der Waals surface area contributed by atoms with E-state index in [9.17, 15) is 19.5 Å². The first-order valence-electron chi connectivity index (χ1n) is 10.0. The maximum Gasteiger partial charge on any atom is 0.307 e. The molecule has 0 unspecified atom stereocenters. The van der Waals surface area contributed by atoms with Gasteiger partial charge in [-0.1, -0.05) is 12.8 Å². The molecular formula is C20H26N2O4S. The van der Waals surface area contributed by atoms with Crippen molar-refractivity contribution < 1.29 is 19.5 Å². The predicted octanol–water partition coefficient (Wildman–Crippen LogP) is 3.35. The highest BCUT2D eigenvalue weighted by molar-refractivity contribution is 7.17. The van der Waals surface area contributed by atoms with Crippen molar-refractivity contribution >= 4 is 34.1 Å². The average Bonchev–Trinajstić information content (AvgIpc) is 3.39. The van der Waals surface area contributed by atoms with Crippen LogP contribution in [0.4, 0.5) is 5.00 Å². The van der Waals surface area contributed by atoms with Gasteiger partial charge in [-0.05, 0) is 56.9 Å². The molecule has 0 aliphatic heterocycles. The van der Waals surface area contributed by atoms with Crippen molar-refractivity contribution in [2.24, 2.45) is 11.8 Å². The number of carboxylic acid groups (broad SMARTS) is 1. The van der Waals surface area contributed by atoms with Gasteiger partial charge >= 0.3 is 5.97 Å². The Morgan fingerprint density at radius 3 is 2.33 bits per heavy atom. The van der Waals surface area contributed by atoms with E-state index in [-0.39, 0.29) is 17.9 Å². The first-order valence-corrected chi connectivity index (χ1v) is 10.9. The molecule has 1 aromatic heterocycles. The third-order valence-corrected chi connectivity index (χ3v) is 7.17. The number of rotatable bonds is 5. The Bertz CT molecular complexity index is 768. The van der Waals surface area contributed by atoms with Crippen molar-refractivity contribution in [3.8, 4) is 0 Å². The fraction of sp³-hybridized carbons (Fsp3) is 0.650. The van der Waals surface area contributed by atoms with Crippen molar-refractivity contribution in [2.75, 3.05) is 5.32 Å². The monoisotopic (exact) mass is 390 g/mol. The molecule has 6 nitrogen and oxygen atoms in total. The lowest BCUT2D eigenvalue weighted by atomic mass is 9.78.